The van der Waals surface area contributed by atoms with Crippen LogP contribution >= 0.6 is 15.0 Å². The van der Waals surface area contributed by atoms with Crippen LogP contribution in [0.5, 0.6) is 0 Å². The SMILES string of the molecule is C=C(C)O[C@H](CC)CCCP(=O)(O)OP(=C)(N)N=O. The van der Waals surface area contributed by atoms with Crippen molar-refractivity contribution >= 4 is 21.3 Å². The third kappa shape index (κ3) is 9.14. The van der Waals surface area contributed by atoms with Gasteiger partial charge in [0, 0.05) is 0 Å². The molecule has 0 saturated carbocycles. The maximum absolute atomic E-state index is 11.7. The van der Waals surface area contributed by atoms with Crippen LogP contribution in [0.25, 0.3) is 0 Å². The van der Waals surface area contributed by atoms with Gasteiger partial charge < -0.3 is 9.63 Å². The molecule has 0 aliphatic rings. The molecule has 112 valence electrons. The first-order valence-electron chi connectivity index (χ1n) is 5.84. The van der Waals surface area contributed by atoms with Gasteiger partial charge in [-0.25, -0.2) is 4.31 Å². The van der Waals surface area contributed by atoms with E-state index in [9.17, 15) is 14.4 Å². The molecule has 0 fully saturated rings. The fraction of sp³-hybridized carbons (Fsp3) is 0.700. The molecular formula is C10H22N2O5P2. The van der Waals surface area contributed by atoms with Gasteiger partial charge in [0.05, 0.1) is 18.0 Å². The van der Waals surface area contributed by atoms with Crippen LogP contribution < -0.4 is 5.50 Å². The topological polar surface area (TPSA) is 111 Å². The lowest BCUT2D eigenvalue weighted by molar-refractivity contribution is 0.106. The van der Waals surface area contributed by atoms with E-state index < -0.39 is 15.0 Å². The van der Waals surface area contributed by atoms with Gasteiger partial charge in [-0.3, -0.25) is 10.1 Å². The van der Waals surface area contributed by atoms with Gasteiger partial charge in [0.1, 0.15) is 0 Å². The first-order chi connectivity index (χ1) is 8.62. The molecule has 3 atom stereocenters. The Morgan fingerprint density at radius 1 is 1.58 bits per heavy atom. The number of ether oxygens (including phenoxy) is 1. The van der Waals surface area contributed by atoms with E-state index in [1.165, 1.54) is 0 Å². The van der Waals surface area contributed by atoms with Gasteiger partial charge >= 0.3 is 7.60 Å². The summed E-state index contributed by atoms with van der Waals surface area (Å²) < 4.78 is 21.7. The summed E-state index contributed by atoms with van der Waals surface area (Å²) in [5, 5.41) is 0. The van der Waals surface area contributed by atoms with E-state index in [1.54, 1.807) is 6.92 Å². The first kappa shape index (κ1) is 18.6. The lowest BCUT2D eigenvalue weighted by atomic mass is 10.1. The molecule has 0 rings (SSSR count). The molecule has 19 heavy (non-hydrogen) atoms. The molecule has 0 aliphatic carbocycles. The van der Waals surface area contributed by atoms with Crippen LogP contribution in [0.1, 0.15) is 33.1 Å². The lowest BCUT2D eigenvalue weighted by Crippen LogP contribution is -2.11. The molecule has 0 spiro atoms. The van der Waals surface area contributed by atoms with Gasteiger partial charge in [-0.2, -0.15) is 0 Å². The summed E-state index contributed by atoms with van der Waals surface area (Å²) in [4.78, 5) is 22.3. The zero-order chi connectivity index (χ0) is 15.1. The first-order valence-corrected chi connectivity index (χ1v) is 9.51. The average molecular weight is 312 g/mol. The predicted molar refractivity (Wildman–Crippen MR) is 79.0 cm³/mol. The van der Waals surface area contributed by atoms with Crippen LogP contribution in [0, 0.1) is 4.91 Å². The van der Waals surface area contributed by atoms with Gasteiger partial charge in [-0.05, 0) is 37.4 Å². The molecule has 7 nitrogen and oxygen atoms in total. The Morgan fingerprint density at radius 3 is 2.58 bits per heavy atom. The monoisotopic (exact) mass is 312 g/mol. The van der Waals surface area contributed by atoms with Crippen molar-refractivity contribution in [1.29, 1.82) is 0 Å². The van der Waals surface area contributed by atoms with Crippen LogP contribution in [-0.4, -0.2) is 23.5 Å². The smallest absolute Gasteiger partial charge is 0.333 e. The van der Waals surface area contributed by atoms with Crippen molar-refractivity contribution in [1.82, 2.24) is 0 Å². The molecule has 0 bridgehead atoms. The second-order valence-corrected chi connectivity index (χ2v) is 8.32. The maximum Gasteiger partial charge on any atom is 0.333 e. The van der Waals surface area contributed by atoms with Crippen LogP contribution in [-0.2, 0) is 13.6 Å². The fourth-order valence-corrected chi connectivity index (χ4v) is 4.22. The summed E-state index contributed by atoms with van der Waals surface area (Å²) in [5.74, 6) is 0.602. The number of rotatable bonds is 10. The highest BCUT2D eigenvalue weighted by Crippen LogP contribution is 2.57. The molecule has 0 aromatic rings. The van der Waals surface area contributed by atoms with E-state index in [0.29, 0.717) is 18.6 Å². The molecule has 0 amide bonds. The minimum atomic E-state index is -3.94. The number of nitrogens with zero attached hydrogens (tertiary/aromatic N) is 1. The zero-order valence-electron chi connectivity index (χ0n) is 11.3. The summed E-state index contributed by atoms with van der Waals surface area (Å²) in [5.41, 5.74) is 5.26. The van der Waals surface area contributed by atoms with Gasteiger partial charge in [0.15, 0.2) is 0 Å². The normalized spacial score (nSPS) is 18.9. The quantitative estimate of drug-likeness (QED) is 0.364. The third-order valence-corrected chi connectivity index (χ3v) is 5.51. The van der Waals surface area contributed by atoms with Crippen molar-refractivity contribution < 1.29 is 18.5 Å². The van der Waals surface area contributed by atoms with E-state index in [2.05, 4.69) is 22.1 Å². The molecule has 0 aliphatic heterocycles. The second-order valence-electron chi connectivity index (χ2n) is 4.27. The van der Waals surface area contributed by atoms with E-state index in [-0.39, 0.29) is 12.3 Å². The molecular weight excluding hydrogens is 290 g/mol. The van der Waals surface area contributed by atoms with Crippen molar-refractivity contribution in [3.63, 3.8) is 0 Å². The predicted octanol–water partition coefficient (Wildman–Crippen LogP) is 3.22. The van der Waals surface area contributed by atoms with Crippen molar-refractivity contribution in [2.45, 2.75) is 39.2 Å². The fourth-order valence-electron chi connectivity index (χ4n) is 1.43. The van der Waals surface area contributed by atoms with Crippen LogP contribution in [0.2, 0.25) is 0 Å². The summed E-state index contributed by atoms with van der Waals surface area (Å²) in [6.07, 6.45) is 4.77. The van der Waals surface area contributed by atoms with Crippen LogP contribution in [0.4, 0.5) is 0 Å². The number of allylic oxidation sites excluding steroid dienone is 1. The van der Waals surface area contributed by atoms with Crippen molar-refractivity contribution in [3.05, 3.63) is 17.2 Å². The maximum atomic E-state index is 11.7. The Morgan fingerprint density at radius 2 is 2.16 bits per heavy atom. The minimum Gasteiger partial charge on any atom is -0.496 e. The molecule has 3 N–H and O–H groups in total. The molecule has 0 heterocycles. The van der Waals surface area contributed by atoms with E-state index in [0.717, 1.165) is 6.42 Å². The van der Waals surface area contributed by atoms with Gasteiger partial charge in [0.25, 0.3) is 0 Å². The number of hydrogen-bond donors (Lipinski definition) is 2. The summed E-state index contributed by atoms with van der Waals surface area (Å²) >= 11 is 0. The molecule has 0 aromatic carbocycles. The molecule has 0 saturated heterocycles. The van der Waals surface area contributed by atoms with Crippen molar-refractivity contribution in [3.8, 4) is 0 Å². The number of hydrogen-bond acceptors (Lipinski definition) is 6. The zero-order valence-corrected chi connectivity index (χ0v) is 13.1. The van der Waals surface area contributed by atoms with Gasteiger partial charge in [0.2, 0.25) is 7.41 Å². The molecule has 9 heteroatoms. The van der Waals surface area contributed by atoms with E-state index in [4.69, 9.17) is 10.2 Å². The molecule has 2 unspecified atom stereocenters. The third-order valence-electron chi connectivity index (χ3n) is 2.20. The summed E-state index contributed by atoms with van der Waals surface area (Å²) in [6.45, 7) is 7.33. The molecule has 0 aromatic heterocycles. The van der Waals surface area contributed by atoms with E-state index in [1.807, 2.05) is 6.92 Å². The number of nitrogens with two attached hydrogens (primary N) is 1. The largest absolute Gasteiger partial charge is 0.496 e. The van der Waals surface area contributed by atoms with E-state index >= 15 is 0 Å². The standard InChI is InChI=1S/C10H22N2O5P2/c1-5-10(16-9(2)3)7-6-8-19(14,15)17-18(4,11)12-13/h10H,2,4-8,11H2,1,3H3,(H,14,15)/t10-,18?/m1/s1. The Bertz CT molecular complexity index is 413. The van der Waals surface area contributed by atoms with Gasteiger partial charge in [-0.15, -0.1) is 4.91 Å². The highest BCUT2D eigenvalue weighted by atomic mass is 31.3. The van der Waals surface area contributed by atoms with Crippen molar-refractivity contribution in [2.24, 2.45) is 10.5 Å². The molecule has 0 radical (unpaired) electrons. The second kappa shape index (κ2) is 7.98. The van der Waals surface area contributed by atoms with Crippen molar-refractivity contribution in [2.75, 3.05) is 6.16 Å². The highest BCUT2D eigenvalue weighted by Gasteiger charge is 2.26. The highest BCUT2D eigenvalue weighted by molar-refractivity contribution is 7.73. The summed E-state index contributed by atoms with van der Waals surface area (Å²) in [6, 6.07) is 0. The van der Waals surface area contributed by atoms with Crippen LogP contribution in [0.15, 0.2) is 17.3 Å². The Hall–Kier alpha value is -0.450. The summed E-state index contributed by atoms with van der Waals surface area (Å²) in [7, 11) is -7.32. The Labute approximate surface area is 113 Å². The Balaban J connectivity index is 4.24. The van der Waals surface area contributed by atoms with Crippen LogP contribution in [0.3, 0.4) is 0 Å². The number of nitroso groups, excluding NO2 is 1. The lowest BCUT2D eigenvalue weighted by Gasteiger charge is -2.19. The average Bonchev–Trinajstić information content (AvgIpc) is 2.25. The van der Waals surface area contributed by atoms with Gasteiger partial charge in [-0.1, -0.05) is 13.5 Å². The Kier molecular flexibility index (Phi) is 7.79. The minimum absolute atomic E-state index is 0.0566.